The van der Waals surface area contributed by atoms with Crippen LogP contribution in [0.1, 0.15) is 43.2 Å². The third kappa shape index (κ3) is 5.52. The zero-order valence-electron chi connectivity index (χ0n) is 22.8. The van der Waals surface area contributed by atoms with E-state index in [9.17, 15) is 49.1 Å². The van der Waals surface area contributed by atoms with Gasteiger partial charge in [-0.15, -0.1) is 0 Å². The topological polar surface area (TPSA) is 83.9 Å². The lowest BCUT2D eigenvalue weighted by Gasteiger charge is -2.37. The number of halogens is 8. The molecule has 0 radical (unpaired) electrons. The molecule has 2 aliphatic rings. The van der Waals surface area contributed by atoms with Crippen LogP contribution in [0.15, 0.2) is 47.4 Å². The van der Waals surface area contributed by atoms with Crippen molar-refractivity contribution < 1.29 is 58.2 Å². The zero-order chi connectivity index (χ0) is 32.0. The van der Waals surface area contributed by atoms with Crippen LogP contribution in [-0.2, 0) is 29.7 Å². The van der Waals surface area contributed by atoms with Gasteiger partial charge in [0.1, 0.15) is 16.4 Å². The van der Waals surface area contributed by atoms with E-state index in [1.807, 2.05) is 0 Å². The molecule has 1 aliphatic heterocycles. The molecule has 1 N–H and O–H groups in total. The molecule has 0 aromatic heterocycles. The van der Waals surface area contributed by atoms with Crippen molar-refractivity contribution in [3.63, 3.8) is 0 Å². The summed E-state index contributed by atoms with van der Waals surface area (Å²) >= 11 is 0. The van der Waals surface area contributed by atoms with Gasteiger partial charge in [-0.2, -0.15) is 26.3 Å². The number of aliphatic hydroxyl groups excluding tert-OH is 1. The van der Waals surface area contributed by atoms with Crippen LogP contribution < -0.4 is 0 Å². The molecule has 1 aliphatic carbocycles. The lowest BCUT2D eigenvalue weighted by molar-refractivity contribution is -0.384. The maximum atomic E-state index is 15.5. The van der Waals surface area contributed by atoms with Gasteiger partial charge in [-0.25, -0.2) is 17.2 Å². The first-order valence-electron chi connectivity index (χ1n) is 13.3. The Labute approximate surface area is 242 Å². The van der Waals surface area contributed by atoms with E-state index in [4.69, 9.17) is 0 Å². The summed E-state index contributed by atoms with van der Waals surface area (Å²) in [4.78, 5) is 14.2. The highest BCUT2D eigenvalue weighted by atomic mass is 32.2. The second kappa shape index (κ2) is 11.6. The van der Waals surface area contributed by atoms with Crippen molar-refractivity contribution >= 4 is 15.7 Å². The van der Waals surface area contributed by atoms with Crippen molar-refractivity contribution in [2.24, 2.45) is 11.8 Å². The summed E-state index contributed by atoms with van der Waals surface area (Å²) in [5.74, 6) is -3.67. The Bertz CT molecular complexity index is 1420. The number of hydrogen-bond donors (Lipinski definition) is 1. The van der Waals surface area contributed by atoms with Crippen molar-refractivity contribution in [1.82, 2.24) is 4.90 Å². The van der Waals surface area contributed by atoms with Crippen molar-refractivity contribution in [2.75, 3.05) is 26.8 Å². The van der Waals surface area contributed by atoms with E-state index in [0.29, 0.717) is 37.8 Å². The second-order valence-electron chi connectivity index (χ2n) is 10.9. The number of ether oxygens (including phenoxy) is 1. The van der Waals surface area contributed by atoms with E-state index in [2.05, 4.69) is 4.74 Å². The Morgan fingerprint density at radius 3 is 2.05 bits per heavy atom. The van der Waals surface area contributed by atoms with Gasteiger partial charge in [0.25, 0.3) is 5.60 Å². The number of carbonyl (C=O) groups excluding carboxylic acids is 1. The Hall–Kier alpha value is -2.78. The number of nitrogens with zero attached hydrogens (tertiary/aromatic N) is 1. The molecule has 6 nitrogen and oxygen atoms in total. The van der Waals surface area contributed by atoms with E-state index in [1.165, 1.54) is 4.90 Å². The number of hydrogen-bond acceptors (Lipinski definition) is 5. The van der Waals surface area contributed by atoms with E-state index in [0.717, 1.165) is 24.3 Å². The van der Waals surface area contributed by atoms with Crippen LogP contribution in [0.5, 0.6) is 0 Å². The molecule has 2 fully saturated rings. The van der Waals surface area contributed by atoms with Gasteiger partial charge in [-0.1, -0.05) is 12.1 Å². The van der Waals surface area contributed by atoms with Crippen LogP contribution in [0.25, 0.3) is 0 Å². The number of methoxy groups -OCH3 is 1. The van der Waals surface area contributed by atoms with E-state index in [-0.39, 0.29) is 38.7 Å². The predicted molar refractivity (Wildman–Crippen MR) is 136 cm³/mol. The molecule has 2 aromatic carbocycles. The number of benzene rings is 2. The molecular formula is C28H29F8NO5S. The van der Waals surface area contributed by atoms with Gasteiger partial charge < -0.3 is 14.7 Å². The molecule has 1 heterocycles. The van der Waals surface area contributed by atoms with Gasteiger partial charge in [0, 0.05) is 38.3 Å². The first-order valence-corrected chi connectivity index (χ1v) is 14.8. The molecule has 2 aromatic rings. The van der Waals surface area contributed by atoms with Crippen molar-refractivity contribution in [3.8, 4) is 0 Å². The Morgan fingerprint density at radius 1 is 0.977 bits per heavy atom. The molecule has 0 spiro atoms. The smallest absolute Gasteiger partial charge is 0.396 e. The molecule has 15 heteroatoms. The van der Waals surface area contributed by atoms with E-state index in [1.54, 1.807) is 0 Å². The molecule has 1 atom stereocenters. The SMILES string of the molecule is COC(c1ccc([C@]2(S(=O)(=O)c3ccc(F)cc3)CCN(C(=O)C3CCC(CO)CC3)C2)cc1F)(C(F)(F)F)C(F)(F)F. The third-order valence-corrected chi connectivity index (χ3v) is 11.1. The van der Waals surface area contributed by atoms with E-state index < -0.39 is 78.6 Å². The van der Waals surface area contributed by atoms with E-state index >= 15 is 4.39 Å². The Balaban J connectivity index is 1.82. The van der Waals surface area contributed by atoms with Crippen LogP contribution in [0.2, 0.25) is 0 Å². The van der Waals surface area contributed by atoms with Gasteiger partial charge in [0.2, 0.25) is 5.91 Å². The third-order valence-electron chi connectivity index (χ3n) is 8.62. The highest BCUT2D eigenvalue weighted by molar-refractivity contribution is 7.92. The number of alkyl halides is 6. The van der Waals surface area contributed by atoms with Crippen molar-refractivity contribution in [1.29, 1.82) is 0 Å². The quantitative estimate of drug-likeness (QED) is 0.313. The van der Waals surface area contributed by atoms with Gasteiger partial charge in [0.15, 0.2) is 9.84 Å². The predicted octanol–water partition coefficient (Wildman–Crippen LogP) is 5.63. The second-order valence-corrected chi connectivity index (χ2v) is 13.2. The average molecular weight is 644 g/mol. The number of rotatable bonds is 7. The maximum Gasteiger partial charge on any atom is 0.430 e. The molecular weight excluding hydrogens is 614 g/mol. The molecule has 4 rings (SSSR count). The fraction of sp³-hybridized carbons (Fsp3) is 0.536. The van der Waals surface area contributed by atoms with Crippen LogP contribution >= 0.6 is 0 Å². The Morgan fingerprint density at radius 2 is 1.56 bits per heavy atom. The van der Waals surface area contributed by atoms with Gasteiger partial charge in [-0.05, 0) is 73.9 Å². The molecule has 43 heavy (non-hydrogen) atoms. The lowest BCUT2D eigenvalue weighted by Crippen LogP contribution is -2.56. The minimum Gasteiger partial charge on any atom is -0.396 e. The van der Waals surface area contributed by atoms with Crippen LogP contribution in [-0.4, -0.2) is 63.5 Å². The maximum absolute atomic E-state index is 15.5. The summed E-state index contributed by atoms with van der Waals surface area (Å²) in [6, 6.07) is 4.70. The molecule has 1 saturated heterocycles. The van der Waals surface area contributed by atoms with Gasteiger partial charge >= 0.3 is 12.4 Å². The highest BCUT2D eigenvalue weighted by Gasteiger charge is 2.74. The monoisotopic (exact) mass is 643 g/mol. The van der Waals surface area contributed by atoms with Crippen molar-refractivity contribution in [2.45, 2.75) is 59.7 Å². The fourth-order valence-corrected chi connectivity index (χ4v) is 8.23. The normalized spacial score (nSPS) is 23.9. The molecule has 1 amide bonds. The minimum atomic E-state index is -6.15. The van der Waals surface area contributed by atoms with Gasteiger partial charge in [-0.3, -0.25) is 4.79 Å². The average Bonchev–Trinajstić information content (AvgIpc) is 3.40. The van der Waals surface area contributed by atoms with Crippen LogP contribution in [0, 0.1) is 23.5 Å². The molecule has 1 saturated carbocycles. The first-order chi connectivity index (χ1) is 19.9. The van der Waals surface area contributed by atoms with Crippen LogP contribution in [0.4, 0.5) is 35.1 Å². The summed E-state index contributed by atoms with van der Waals surface area (Å²) in [6.45, 7) is -0.772. The molecule has 0 bridgehead atoms. The zero-order valence-corrected chi connectivity index (χ0v) is 23.6. The standard InChI is InChI=1S/C28H29F8NO5S/c1-42-26(27(31,32)33,28(34,35)36)22-11-6-19(14-23(22)30)25(43(40,41)21-9-7-20(29)8-10-21)12-13-37(16-25)24(39)18-4-2-17(15-38)3-5-18/h6-11,14,17-18,38H,2-5,12-13,15-16H2,1H3/t17?,18?,25-/m0/s1. The number of likely N-dealkylation sites (tertiary alicyclic amines) is 1. The lowest BCUT2D eigenvalue weighted by atomic mass is 9.82. The summed E-state index contributed by atoms with van der Waals surface area (Å²) in [5.41, 5.74) is -7.44. The fourth-order valence-electron chi connectivity index (χ4n) is 6.16. The summed E-state index contributed by atoms with van der Waals surface area (Å²) in [7, 11) is -4.52. The number of aliphatic hydroxyl groups is 1. The number of sulfone groups is 1. The summed E-state index contributed by atoms with van der Waals surface area (Å²) < 4.78 is 142. The largest absolute Gasteiger partial charge is 0.430 e. The first kappa shape index (κ1) is 33.1. The highest BCUT2D eigenvalue weighted by Crippen LogP contribution is 2.54. The van der Waals surface area contributed by atoms with Crippen molar-refractivity contribution in [3.05, 3.63) is 65.2 Å². The Kier molecular flexibility index (Phi) is 8.95. The number of amides is 1. The minimum absolute atomic E-state index is 0.0229. The molecule has 238 valence electrons. The number of carbonyl (C=O) groups is 1. The van der Waals surface area contributed by atoms with Crippen LogP contribution in [0.3, 0.4) is 0 Å². The summed E-state index contributed by atoms with van der Waals surface area (Å²) in [5, 5.41) is 9.39. The molecule has 0 unspecified atom stereocenters. The van der Waals surface area contributed by atoms with Gasteiger partial charge in [0.05, 0.1) is 4.90 Å². The summed E-state index contributed by atoms with van der Waals surface area (Å²) in [6.07, 6.45) is -10.7.